The molecule has 0 unspecified atom stereocenters. The van der Waals surface area contributed by atoms with Crippen LogP contribution in [0, 0.1) is 11.3 Å². The van der Waals surface area contributed by atoms with E-state index in [1.165, 1.54) is 18.2 Å². The van der Waals surface area contributed by atoms with Crippen molar-refractivity contribution in [2.45, 2.75) is 0 Å². The number of hydrogen-bond donors (Lipinski definition) is 1. The number of carbonyl (C=O) groups excluding carboxylic acids is 1. The number of sulfonamides is 1. The van der Waals surface area contributed by atoms with Gasteiger partial charge in [-0.25, -0.2) is 8.42 Å². The highest BCUT2D eigenvalue weighted by molar-refractivity contribution is 7.92. The van der Waals surface area contributed by atoms with Crippen LogP contribution in [0.2, 0.25) is 0 Å². The van der Waals surface area contributed by atoms with E-state index in [9.17, 15) is 13.2 Å². The van der Waals surface area contributed by atoms with E-state index >= 15 is 0 Å². The van der Waals surface area contributed by atoms with E-state index in [1.54, 1.807) is 42.5 Å². The number of rotatable bonds is 5. The maximum absolute atomic E-state index is 12.1. The minimum absolute atomic E-state index is 0.194. The van der Waals surface area contributed by atoms with Gasteiger partial charge in [0.1, 0.15) is 0 Å². The number of benzene rings is 2. The van der Waals surface area contributed by atoms with Gasteiger partial charge in [0.25, 0.3) is 0 Å². The van der Waals surface area contributed by atoms with Crippen LogP contribution >= 0.6 is 0 Å². The van der Waals surface area contributed by atoms with E-state index in [0.29, 0.717) is 16.8 Å². The Hall–Kier alpha value is -2.91. The number of ketones is 1. The van der Waals surface area contributed by atoms with Crippen molar-refractivity contribution in [3.8, 4) is 6.07 Å². The van der Waals surface area contributed by atoms with Gasteiger partial charge in [-0.05, 0) is 48.0 Å². The van der Waals surface area contributed by atoms with Gasteiger partial charge >= 0.3 is 0 Å². The van der Waals surface area contributed by atoms with Crippen LogP contribution in [0.5, 0.6) is 0 Å². The first-order chi connectivity index (χ1) is 10.9. The highest BCUT2D eigenvalue weighted by atomic mass is 32.2. The monoisotopic (exact) mass is 326 g/mol. The molecule has 0 aliphatic rings. The lowest BCUT2D eigenvalue weighted by Crippen LogP contribution is -2.09. The van der Waals surface area contributed by atoms with Crippen molar-refractivity contribution in [1.29, 1.82) is 5.26 Å². The van der Waals surface area contributed by atoms with Crippen molar-refractivity contribution >= 4 is 27.6 Å². The van der Waals surface area contributed by atoms with E-state index in [1.807, 2.05) is 6.07 Å². The molecule has 0 radical (unpaired) electrons. The van der Waals surface area contributed by atoms with Crippen LogP contribution in [0.4, 0.5) is 5.69 Å². The van der Waals surface area contributed by atoms with Crippen molar-refractivity contribution in [3.63, 3.8) is 0 Å². The largest absolute Gasteiger partial charge is 0.289 e. The lowest BCUT2D eigenvalue weighted by atomic mass is 10.1. The van der Waals surface area contributed by atoms with Crippen LogP contribution in [0.1, 0.15) is 21.5 Å². The molecular weight excluding hydrogens is 312 g/mol. The van der Waals surface area contributed by atoms with Gasteiger partial charge in [-0.15, -0.1) is 0 Å². The van der Waals surface area contributed by atoms with Crippen molar-refractivity contribution in [1.82, 2.24) is 0 Å². The number of allylic oxidation sites excluding steroid dienone is 1. The Labute approximate surface area is 134 Å². The molecule has 2 aromatic carbocycles. The predicted octanol–water partition coefficient (Wildman–Crippen LogP) is 2.83. The van der Waals surface area contributed by atoms with Gasteiger partial charge in [-0.1, -0.05) is 18.2 Å². The van der Waals surface area contributed by atoms with Crippen molar-refractivity contribution in [2.75, 3.05) is 11.0 Å². The summed E-state index contributed by atoms with van der Waals surface area (Å²) < 4.78 is 24.6. The second kappa shape index (κ2) is 6.90. The van der Waals surface area contributed by atoms with Gasteiger partial charge in [0.15, 0.2) is 5.78 Å². The zero-order chi connectivity index (χ0) is 16.9. The van der Waals surface area contributed by atoms with E-state index in [2.05, 4.69) is 4.72 Å². The SMILES string of the molecule is CS(=O)(=O)Nc1ccc(C(=O)/C=C\c2ccc(C#N)cc2)cc1. The summed E-state index contributed by atoms with van der Waals surface area (Å²) in [4.78, 5) is 12.1. The molecule has 0 atom stereocenters. The minimum Gasteiger partial charge on any atom is -0.289 e. The topological polar surface area (TPSA) is 87.0 Å². The van der Waals surface area contributed by atoms with Crippen molar-refractivity contribution in [3.05, 3.63) is 71.3 Å². The Morgan fingerprint density at radius 1 is 1.09 bits per heavy atom. The highest BCUT2D eigenvalue weighted by Gasteiger charge is 2.04. The first-order valence-corrected chi connectivity index (χ1v) is 8.57. The van der Waals surface area contributed by atoms with E-state index < -0.39 is 10.0 Å². The summed E-state index contributed by atoms with van der Waals surface area (Å²) in [6.07, 6.45) is 4.15. The van der Waals surface area contributed by atoms with Crippen LogP contribution in [0.3, 0.4) is 0 Å². The number of anilines is 1. The molecule has 0 saturated carbocycles. The molecule has 2 aromatic rings. The van der Waals surface area contributed by atoms with Crippen LogP contribution in [-0.4, -0.2) is 20.5 Å². The van der Waals surface area contributed by atoms with Gasteiger partial charge in [0.2, 0.25) is 10.0 Å². The maximum atomic E-state index is 12.1. The van der Waals surface area contributed by atoms with Crippen LogP contribution < -0.4 is 4.72 Å². The molecule has 0 amide bonds. The minimum atomic E-state index is -3.33. The second-order valence-electron chi connectivity index (χ2n) is 4.88. The van der Waals surface area contributed by atoms with Crippen LogP contribution in [-0.2, 0) is 10.0 Å². The number of carbonyl (C=O) groups is 1. The van der Waals surface area contributed by atoms with E-state index in [-0.39, 0.29) is 5.78 Å². The maximum Gasteiger partial charge on any atom is 0.229 e. The summed E-state index contributed by atoms with van der Waals surface area (Å²) >= 11 is 0. The smallest absolute Gasteiger partial charge is 0.229 e. The summed E-state index contributed by atoms with van der Waals surface area (Å²) in [6, 6.07) is 15.1. The molecule has 0 saturated heterocycles. The molecule has 0 aromatic heterocycles. The third-order valence-electron chi connectivity index (χ3n) is 2.94. The number of nitriles is 1. The molecule has 0 fully saturated rings. The van der Waals surface area contributed by atoms with Gasteiger partial charge in [0, 0.05) is 11.3 Å². The Morgan fingerprint density at radius 3 is 2.22 bits per heavy atom. The fourth-order valence-corrected chi connectivity index (χ4v) is 2.42. The quantitative estimate of drug-likeness (QED) is 0.676. The van der Waals surface area contributed by atoms with Gasteiger partial charge < -0.3 is 0 Å². The average molecular weight is 326 g/mol. The number of nitrogens with zero attached hydrogens (tertiary/aromatic N) is 1. The molecule has 0 aliphatic heterocycles. The third-order valence-corrected chi connectivity index (χ3v) is 3.55. The molecule has 2 rings (SSSR count). The second-order valence-corrected chi connectivity index (χ2v) is 6.63. The lowest BCUT2D eigenvalue weighted by Gasteiger charge is -2.03. The van der Waals surface area contributed by atoms with Gasteiger partial charge in [-0.2, -0.15) is 5.26 Å². The number of hydrogen-bond acceptors (Lipinski definition) is 4. The summed E-state index contributed by atoms with van der Waals surface area (Å²) in [6.45, 7) is 0. The Kier molecular flexibility index (Phi) is 4.94. The molecule has 5 nitrogen and oxygen atoms in total. The molecule has 116 valence electrons. The molecule has 6 heteroatoms. The molecular formula is C17H14N2O3S. The van der Waals surface area contributed by atoms with Crippen LogP contribution in [0.15, 0.2) is 54.6 Å². The first kappa shape index (κ1) is 16.5. The molecule has 0 aliphatic carbocycles. The summed E-state index contributed by atoms with van der Waals surface area (Å²) in [5.74, 6) is -0.194. The normalized spacial score (nSPS) is 11.1. The fraction of sp³-hybridized carbons (Fsp3) is 0.0588. The molecule has 23 heavy (non-hydrogen) atoms. The zero-order valence-electron chi connectivity index (χ0n) is 12.4. The van der Waals surface area contributed by atoms with Crippen molar-refractivity contribution in [2.24, 2.45) is 0 Å². The summed E-state index contributed by atoms with van der Waals surface area (Å²) in [5.41, 5.74) is 2.23. The first-order valence-electron chi connectivity index (χ1n) is 6.68. The Balaban J connectivity index is 2.08. The average Bonchev–Trinajstić information content (AvgIpc) is 2.52. The Bertz CT molecular complexity index is 875. The van der Waals surface area contributed by atoms with Gasteiger partial charge in [0.05, 0.1) is 17.9 Å². The summed E-state index contributed by atoms with van der Waals surface area (Å²) in [5, 5.41) is 8.72. The molecule has 0 spiro atoms. The molecule has 0 heterocycles. The fourth-order valence-electron chi connectivity index (χ4n) is 1.85. The van der Waals surface area contributed by atoms with Crippen LogP contribution in [0.25, 0.3) is 6.08 Å². The third kappa shape index (κ3) is 5.09. The highest BCUT2D eigenvalue weighted by Crippen LogP contribution is 2.12. The van der Waals surface area contributed by atoms with Gasteiger partial charge in [-0.3, -0.25) is 9.52 Å². The van der Waals surface area contributed by atoms with E-state index in [4.69, 9.17) is 5.26 Å². The number of nitrogens with one attached hydrogen (secondary N) is 1. The standard InChI is InChI=1S/C17H14N2O3S/c1-23(21,22)19-16-9-7-15(8-10-16)17(20)11-6-13-2-4-14(12-18)5-3-13/h2-11,19H,1H3/b11-6-. The Morgan fingerprint density at radius 2 is 1.70 bits per heavy atom. The lowest BCUT2D eigenvalue weighted by molar-refractivity contribution is 0.104. The predicted molar refractivity (Wildman–Crippen MR) is 89.4 cm³/mol. The molecule has 1 N–H and O–H groups in total. The summed E-state index contributed by atoms with van der Waals surface area (Å²) in [7, 11) is -3.33. The molecule has 0 bridgehead atoms. The van der Waals surface area contributed by atoms with Crippen molar-refractivity contribution < 1.29 is 13.2 Å². The van der Waals surface area contributed by atoms with E-state index in [0.717, 1.165) is 11.8 Å². The zero-order valence-corrected chi connectivity index (χ0v) is 13.2.